The van der Waals surface area contributed by atoms with Crippen LogP contribution in [0.1, 0.15) is 36.4 Å². The smallest absolute Gasteiger partial charge is 0.299 e. The van der Waals surface area contributed by atoms with Crippen LogP contribution in [0.4, 0.5) is 26.3 Å². The summed E-state index contributed by atoms with van der Waals surface area (Å²) in [4.78, 5) is 0. The number of nitrogens with one attached hydrogen (secondary N) is 1. The molecule has 0 saturated carbocycles. The van der Waals surface area contributed by atoms with Crippen LogP contribution >= 0.6 is 0 Å². The van der Waals surface area contributed by atoms with Crippen LogP contribution < -0.4 is 5.32 Å². The van der Waals surface area contributed by atoms with Crippen LogP contribution in [-0.2, 0) is 6.18 Å². The Morgan fingerprint density at radius 3 is 2.30 bits per heavy atom. The molecule has 20 heavy (non-hydrogen) atoms. The van der Waals surface area contributed by atoms with E-state index in [0.29, 0.717) is 12.8 Å². The molecular formula is C13H13F6N. The zero-order chi connectivity index (χ0) is 15.0. The molecule has 0 aromatic heterocycles. The number of rotatable bonds is 1. The van der Waals surface area contributed by atoms with Crippen LogP contribution in [0.25, 0.3) is 0 Å². The molecule has 2 atom stereocenters. The zero-order valence-corrected chi connectivity index (χ0v) is 10.4. The van der Waals surface area contributed by atoms with Crippen molar-refractivity contribution < 1.29 is 26.3 Å². The topological polar surface area (TPSA) is 12.0 Å². The maximum atomic E-state index is 12.7. The van der Waals surface area contributed by atoms with Crippen LogP contribution in [0.2, 0.25) is 0 Å². The summed E-state index contributed by atoms with van der Waals surface area (Å²) in [6.45, 7) is 0. The van der Waals surface area contributed by atoms with Crippen molar-refractivity contribution in [3.8, 4) is 0 Å². The lowest BCUT2D eigenvalue weighted by molar-refractivity contribution is -0.163. The molecule has 1 fully saturated rings. The van der Waals surface area contributed by atoms with Gasteiger partial charge in [-0.15, -0.1) is 0 Å². The number of alkyl halides is 6. The van der Waals surface area contributed by atoms with E-state index < -0.39 is 30.0 Å². The van der Waals surface area contributed by atoms with Gasteiger partial charge >= 0.3 is 12.4 Å². The molecule has 1 aromatic rings. The Balaban J connectivity index is 2.19. The molecule has 0 amide bonds. The van der Waals surface area contributed by atoms with E-state index in [4.69, 9.17) is 0 Å². The van der Waals surface area contributed by atoms with Gasteiger partial charge in [0.1, 0.15) is 6.04 Å². The zero-order valence-electron chi connectivity index (χ0n) is 10.4. The summed E-state index contributed by atoms with van der Waals surface area (Å²) in [6, 6.07) is 2.11. The van der Waals surface area contributed by atoms with Gasteiger partial charge in [0, 0.05) is 6.04 Å². The molecule has 0 spiro atoms. The van der Waals surface area contributed by atoms with Gasteiger partial charge < -0.3 is 0 Å². The highest BCUT2D eigenvalue weighted by Gasteiger charge is 2.42. The maximum Gasteiger partial charge on any atom is 0.416 e. The van der Waals surface area contributed by atoms with Crippen molar-refractivity contribution in [1.82, 2.24) is 5.32 Å². The molecule has 1 aliphatic rings. The lowest BCUT2D eigenvalue weighted by Gasteiger charge is -2.32. The van der Waals surface area contributed by atoms with Crippen LogP contribution in [0.3, 0.4) is 0 Å². The van der Waals surface area contributed by atoms with Crippen molar-refractivity contribution in [3.63, 3.8) is 0 Å². The summed E-state index contributed by atoms with van der Waals surface area (Å²) < 4.78 is 75.8. The number of hydrogen-bond donors (Lipinski definition) is 1. The van der Waals surface area contributed by atoms with E-state index in [1.165, 1.54) is 12.1 Å². The fraction of sp³-hybridized carbons (Fsp3) is 0.538. The van der Waals surface area contributed by atoms with Gasteiger partial charge in [-0.1, -0.05) is 12.1 Å². The Bertz CT molecular complexity index is 465. The van der Waals surface area contributed by atoms with Gasteiger partial charge in [0.25, 0.3) is 0 Å². The second kappa shape index (κ2) is 5.27. The van der Waals surface area contributed by atoms with Gasteiger partial charge in [-0.2, -0.15) is 26.3 Å². The molecule has 1 heterocycles. The Morgan fingerprint density at radius 1 is 1.00 bits per heavy atom. The van der Waals surface area contributed by atoms with Gasteiger partial charge in [0.05, 0.1) is 5.56 Å². The van der Waals surface area contributed by atoms with E-state index in [-0.39, 0.29) is 12.0 Å². The standard InChI is InChI=1S/C13H13F6N/c14-12(15,16)9-4-1-3-8(7-9)10-5-2-6-11(20-10)13(17,18)19/h1,3-4,7,10-11,20H,2,5-6H2. The first kappa shape index (κ1) is 15.2. The van der Waals surface area contributed by atoms with Crippen molar-refractivity contribution >= 4 is 0 Å². The molecule has 1 aromatic carbocycles. The monoisotopic (exact) mass is 297 g/mol. The molecule has 2 rings (SSSR count). The first-order valence-electron chi connectivity index (χ1n) is 6.18. The van der Waals surface area contributed by atoms with Crippen LogP contribution in [0.5, 0.6) is 0 Å². The molecule has 2 unspecified atom stereocenters. The maximum absolute atomic E-state index is 12.7. The third kappa shape index (κ3) is 3.45. The normalized spacial score (nSPS) is 24.7. The molecule has 1 nitrogen and oxygen atoms in total. The van der Waals surface area contributed by atoms with Crippen LogP contribution in [-0.4, -0.2) is 12.2 Å². The number of halogens is 6. The summed E-state index contributed by atoms with van der Waals surface area (Å²) in [5.74, 6) is 0. The summed E-state index contributed by atoms with van der Waals surface area (Å²) in [5, 5.41) is 2.40. The SMILES string of the molecule is FC(F)(F)c1cccc(C2CCCC(C(F)(F)F)N2)c1. The highest BCUT2D eigenvalue weighted by Crippen LogP contribution is 2.35. The van der Waals surface area contributed by atoms with E-state index in [2.05, 4.69) is 5.32 Å². The minimum Gasteiger partial charge on any atom is -0.299 e. The largest absolute Gasteiger partial charge is 0.416 e. The van der Waals surface area contributed by atoms with Gasteiger partial charge in [0.2, 0.25) is 0 Å². The molecule has 1 aliphatic heterocycles. The lowest BCUT2D eigenvalue weighted by atomic mass is 9.92. The average molecular weight is 297 g/mol. The Hall–Kier alpha value is -1.24. The van der Waals surface area contributed by atoms with Crippen molar-refractivity contribution in [2.24, 2.45) is 0 Å². The predicted molar refractivity (Wildman–Crippen MR) is 61.0 cm³/mol. The minimum atomic E-state index is -4.49. The molecule has 7 heteroatoms. The molecule has 112 valence electrons. The van der Waals surface area contributed by atoms with Crippen molar-refractivity contribution in [3.05, 3.63) is 35.4 Å². The van der Waals surface area contributed by atoms with Crippen LogP contribution in [0.15, 0.2) is 24.3 Å². The number of benzene rings is 1. The highest BCUT2D eigenvalue weighted by molar-refractivity contribution is 5.28. The molecule has 1 saturated heterocycles. The quantitative estimate of drug-likeness (QED) is 0.755. The van der Waals surface area contributed by atoms with Gasteiger partial charge in [0.15, 0.2) is 0 Å². The van der Waals surface area contributed by atoms with Crippen molar-refractivity contribution in [1.29, 1.82) is 0 Å². The van der Waals surface area contributed by atoms with E-state index in [1.54, 1.807) is 0 Å². The molecular weight excluding hydrogens is 284 g/mol. The lowest BCUT2D eigenvalue weighted by Crippen LogP contribution is -2.46. The van der Waals surface area contributed by atoms with Gasteiger partial charge in [-0.25, -0.2) is 0 Å². The second-order valence-electron chi connectivity index (χ2n) is 4.87. The van der Waals surface area contributed by atoms with Crippen LogP contribution in [0, 0.1) is 0 Å². The second-order valence-corrected chi connectivity index (χ2v) is 4.87. The summed E-state index contributed by atoms with van der Waals surface area (Å²) >= 11 is 0. The van der Waals surface area contributed by atoms with Crippen molar-refractivity contribution in [2.45, 2.75) is 43.7 Å². The minimum absolute atomic E-state index is 0.0427. The average Bonchev–Trinajstić information content (AvgIpc) is 2.37. The molecule has 0 radical (unpaired) electrons. The third-order valence-corrected chi connectivity index (χ3v) is 3.40. The van der Waals surface area contributed by atoms with E-state index in [9.17, 15) is 26.3 Å². The number of hydrogen-bond acceptors (Lipinski definition) is 1. The summed E-state index contributed by atoms with van der Waals surface area (Å²) in [5.41, 5.74) is -0.597. The van der Waals surface area contributed by atoms with E-state index >= 15 is 0 Å². The molecule has 0 aliphatic carbocycles. The predicted octanol–water partition coefficient (Wildman–Crippen LogP) is 4.45. The Labute approximate surface area is 112 Å². The van der Waals surface area contributed by atoms with E-state index in [1.807, 2.05) is 0 Å². The highest BCUT2D eigenvalue weighted by atomic mass is 19.4. The summed E-state index contributed by atoms with van der Waals surface area (Å²) in [6.07, 6.45) is -8.18. The Kier molecular flexibility index (Phi) is 4.00. The van der Waals surface area contributed by atoms with E-state index in [0.717, 1.165) is 12.1 Å². The van der Waals surface area contributed by atoms with Gasteiger partial charge in [-0.05, 0) is 37.0 Å². The third-order valence-electron chi connectivity index (χ3n) is 3.40. The first-order valence-corrected chi connectivity index (χ1v) is 6.18. The fourth-order valence-corrected chi connectivity index (χ4v) is 2.39. The first-order chi connectivity index (χ1) is 9.18. The molecule has 1 N–H and O–H groups in total. The number of piperidine rings is 1. The fourth-order valence-electron chi connectivity index (χ4n) is 2.39. The van der Waals surface area contributed by atoms with Crippen molar-refractivity contribution in [2.75, 3.05) is 0 Å². The van der Waals surface area contributed by atoms with Gasteiger partial charge in [-0.3, -0.25) is 5.32 Å². The molecule has 0 bridgehead atoms. The Morgan fingerprint density at radius 2 is 1.70 bits per heavy atom. The summed E-state index contributed by atoms with van der Waals surface area (Å²) in [7, 11) is 0.